The molecule has 5 nitrogen and oxygen atoms in total. The highest BCUT2D eigenvalue weighted by atomic mass is 16.5. The number of ether oxygens (including phenoxy) is 1. The molecule has 2 unspecified atom stereocenters. The normalized spacial score (nSPS) is 16.8. The van der Waals surface area contributed by atoms with E-state index in [-0.39, 0.29) is 6.04 Å². The lowest BCUT2D eigenvalue weighted by molar-refractivity contribution is -0.0106. The third-order valence-corrected chi connectivity index (χ3v) is 3.12. The molecule has 2 atom stereocenters. The molecule has 0 aliphatic heterocycles. The van der Waals surface area contributed by atoms with Crippen molar-refractivity contribution in [2.45, 2.75) is 58.1 Å². The van der Waals surface area contributed by atoms with Crippen LogP contribution in [0.1, 0.15) is 51.7 Å². The summed E-state index contributed by atoms with van der Waals surface area (Å²) in [6, 6.07) is 0.220. The van der Waals surface area contributed by atoms with E-state index in [2.05, 4.69) is 10.1 Å². The van der Waals surface area contributed by atoms with Gasteiger partial charge in [-0.3, -0.25) is 0 Å². The van der Waals surface area contributed by atoms with Crippen LogP contribution in [0.25, 0.3) is 0 Å². The van der Waals surface area contributed by atoms with Crippen molar-refractivity contribution in [2.75, 3.05) is 7.11 Å². The van der Waals surface area contributed by atoms with Gasteiger partial charge in [0, 0.05) is 19.6 Å². The smallest absolute Gasteiger partial charge is 0.226 e. The minimum Gasteiger partial charge on any atom is -0.370 e. The molecule has 0 bridgehead atoms. The van der Waals surface area contributed by atoms with Crippen molar-refractivity contribution in [3.8, 4) is 0 Å². The van der Waals surface area contributed by atoms with E-state index < -0.39 is 5.60 Å². The Balaban J connectivity index is 2.59. The summed E-state index contributed by atoms with van der Waals surface area (Å²) in [5.74, 6) is 1.29. The Labute approximate surface area is 103 Å². The average Bonchev–Trinajstić information content (AvgIpc) is 2.77. The van der Waals surface area contributed by atoms with Gasteiger partial charge < -0.3 is 15.0 Å². The molecule has 0 saturated carbocycles. The van der Waals surface area contributed by atoms with Crippen LogP contribution in [-0.4, -0.2) is 23.3 Å². The molecule has 0 aliphatic rings. The predicted molar refractivity (Wildman–Crippen MR) is 65.5 cm³/mol. The summed E-state index contributed by atoms with van der Waals surface area (Å²) in [6.45, 7) is 6.00. The molecule has 98 valence electrons. The SMILES string of the molecule is CCC(C)(OC)c1noc(CCCC(C)N)n1. The maximum atomic E-state index is 5.69. The highest BCUT2D eigenvalue weighted by Gasteiger charge is 2.29. The summed E-state index contributed by atoms with van der Waals surface area (Å²) in [5.41, 5.74) is 5.23. The van der Waals surface area contributed by atoms with Crippen molar-refractivity contribution in [3.63, 3.8) is 0 Å². The molecule has 0 aromatic carbocycles. The quantitative estimate of drug-likeness (QED) is 0.790. The second kappa shape index (κ2) is 6.12. The number of rotatable bonds is 7. The number of hydrogen-bond acceptors (Lipinski definition) is 5. The van der Waals surface area contributed by atoms with Crippen LogP contribution < -0.4 is 5.73 Å². The molecule has 0 spiro atoms. The zero-order chi connectivity index (χ0) is 12.9. The van der Waals surface area contributed by atoms with Crippen LogP contribution in [0.15, 0.2) is 4.52 Å². The number of hydrogen-bond donors (Lipinski definition) is 1. The molecule has 17 heavy (non-hydrogen) atoms. The van der Waals surface area contributed by atoms with E-state index >= 15 is 0 Å². The minimum absolute atomic E-state index is 0.220. The Morgan fingerprint density at radius 1 is 1.53 bits per heavy atom. The predicted octanol–water partition coefficient (Wildman–Crippen LogP) is 2.01. The number of methoxy groups -OCH3 is 1. The van der Waals surface area contributed by atoms with E-state index in [0.29, 0.717) is 11.7 Å². The Morgan fingerprint density at radius 3 is 2.76 bits per heavy atom. The number of nitrogens with zero attached hydrogens (tertiary/aromatic N) is 2. The first-order chi connectivity index (χ1) is 8.01. The molecular weight excluding hydrogens is 218 g/mol. The fourth-order valence-electron chi connectivity index (χ4n) is 1.54. The van der Waals surface area contributed by atoms with Crippen LogP contribution in [0.2, 0.25) is 0 Å². The second-order valence-electron chi connectivity index (χ2n) is 4.67. The third-order valence-electron chi connectivity index (χ3n) is 3.12. The van der Waals surface area contributed by atoms with Gasteiger partial charge in [0.25, 0.3) is 0 Å². The van der Waals surface area contributed by atoms with E-state index in [1.54, 1.807) is 7.11 Å². The molecule has 1 aromatic heterocycles. The fourth-order valence-corrected chi connectivity index (χ4v) is 1.54. The van der Waals surface area contributed by atoms with Crippen LogP contribution in [0.4, 0.5) is 0 Å². The molecule has 0 radical (unpaired) electrons. The van der Waals surface area contributed by atoms with Crippen molar-refractivity contribution >= 4 is 0 Å². The van der Waals surface area contributed by atoms with Crippen LogP contribution in [0, 0.1) is 0 Å². The molecule has 0 amide bonds. The molecule has 1 rings (SSSR count). The number of aromatic nitrogens is 2. The lowest BCUT2D eigenvalue weighted by Crippen LogP contribution is -2.24. The van der Waals surface area contributed by atoms with Crippen molar-refractivity contribution < 1.29 is 9.26 Å². The topological polar surface area (TPSA) is 74.2 Å². The molecule has 1 aromatic rings. The average molecular weight is 241 g/mol. The summed E-state index contributed by atoms with van der Waals surface area (Å²) in [6.07, 6.45) is 3.52. The van der Waals surface area contributed by atoms with Gasteiger partial charge in [-0.25, -0.2) is 0 Å². The van der Waals surface area contributed by atoms with Gasteiger partial charge in [0.05, 0.1) is 0 Å². The Morgan fingerprint density at radius 2 is 2.24 bits per heavy atom. The Kier molecular flexibility index (Phi) is 5.08. The first kappa shape index (κ1) is 14.1. The summed E-state index contributed by atoms with van der Waals surface area (Å²) < 4.78 is 10.6. The molecular formula is C12H23N3O2. The summed E-state index contributed by atoms with van der Waals surface area (Å²) in [5, 5.41) is 3.99. The summed E-state index contributed by atoms with van der Waals surface area (Å²) in [4.78, 5) is 4.38. The van der Waals surface area contributed by atoms with E-state index in [4.69, 9.17) is 15.0 Å². The largest absolute Gasteiger partial charge is 0.370 e. The van der Waals surface area contributed by atoms with Gasteiger partial charge >= 0.3 is 0 Å². The minimum atomic E-state index is -0.455. The van der Waals surface area contributed by atoms with E-state index in [1.807, 2.05) is 20.8 Å². The van der Waals surface area contributed by atoms with Crippen molar-refractivity contribution in [3.05, 3.63) is 11.7 Å². The molecule has 0 aliphatic carbocycles. The Hall–Kier alpha value is -0.940. The number of aryl methyl sites for hydroxylation is 1. The number of nitrogens with two attached hydrogens (primary N) is 1. The lowest BCUT2D eigenvalue weighted by atomic mass is 10.0. The molecule has 5 heteroatoms. The van der Waals surface area contributed by atoms with Gasteiger partial charge in [-0.1, -0.05) is 12.1 Å². The van der Waals surface area contributed by atoms with Crippen LogP contribution >= 0.6 is 0 Å². The highest BCUT2D eigenvalue weighted by molar-refractivity contribution is 4.99. The molecule has 0 fully saturated rings. The van der Waals surface area contributed by atoms with Crippen molar-refractivity contribution in [1.82, 2.24) is 10.1 Å². The zero-order valence-corrected chi connectivity index (χ0v) is 11.2. The maximum Gasteiger partial charge on any atom is 0.226 e. The van der Waals surface area contributed by atoms with Crippen LogP contribution in [0.5, 0.6) is 0 Å². The zero-order valence-electron chi connectivity index (χ0n) is 11.2. The first-order valence-corrected chi connectivity index (χ1v) is 6.15. The monoisotopic (exact) mass is 241 g/mol. The third kappa shape index (κ3) is 3.78. The Bertz CT molecular complexity index is 332. The van der Waals surface area contributed by atoms with Crippen molar-refractivity contribution in [2.24, 2.45) is 5.73 Å². The van der Waals surface area contributed by atoms with Gasteiger partial charge in [-0.05, 0) is 33.1 Å². The van der Waals surface area contributed by atoms with Gasteiger partial charge in [0.2, 0.25) is 11.7 Å². The van der Waals surface area contributed by atoms with Crippen LogP contribution in [-0.2, 0) is 16.8 Å². The second-order valence-corrected chi connectivity index (χ2v) is 4.67. The van der Waals surface area contributed by atoms with E-state index in [0.717, 1.165) is 25.7 Å². The van der Waals surface area contributed by atoms with Gasteiger partial charge in [-0.15, -0.1) is 0 Å². The maximum absolute atomic E-state index is 5.69. The first-order valence-electron chi connectivity index (χ1n) is 6.15. The van der Waals surface area contributed by atoms with Crippen LogP contribution in [0.3, 0.4) is 0 Å². The summed E-state index contributed by atoms with van der Waals surface area (Å²) >= 11 is 0. The molecule has 2 N–H and O–H groups in total. The van der Waals surface area contributed by atoms with Gasteiger partial charge in [-0.2, -0.15) is 4.98 Å². The van der Waals surface area contributed by atoms with Crippen molar-refractivity contribution in [1.29, 1.82) is 0 Å². The lowest BCUT2D eigenvalue weighted by Gasteiger charge is -2.21. The van der Waals surface area contributed by atoms with E-state index in [1.165, 1.54) is 0 Å². The fraction of sp³-hybridized carbons (Fsp3) is 0.833. The standard InChI is InChI=1S/C12H23N3O2/c1-5-12(3,16-4)11-14-10(17-15-11)8-6-7-9(2)13/h9H,5-8,13H2,1-4H3. The molecule has 1 heterocycles. The van der Waals surface area contributed by atoms with E-state index in [9.17, 15) is 0 Å². The molecule has 0 saturated heterocycles. The van der Waals surface area contributed by atoms with Gasteiger partial charge in [0.1, 0.15) is 5.60 Å². The summed E-state index contributed by atoms with van der Waals surface area (Å²) in [7, 11) is 1.66. The highest BCUT2D eigenvalue weighted by Crippen LogP contribution is 2.25. The van der Waals surface area contributed by atoms with Gasteiger partial charge in [0.15, 0.2) is 0 Å².